The molecule has 0 N–H and O–H groups in total. The number of hydrogen-bond acceptors (Lipinski definition) is 1. The Labute approximate surface area is 141 Å². The SMILES string of the molecule is F[B-](F)(F)c1cnc2ccc(Br)cc2c1.[K+]. The van der Waals surface area contributed by atoms with Crippen LogP contribution < -0.4 is 56.8 Å². The van der Waals surface area contributed by atoms with Gasteiger partial charge in [-0.05, 0) is 23.6 Å². The van der Waals surface area contributed by atoms with Crippen molar-refractivity contribution in [3.63, 3.8) is 0 Å². The molecule has 0 radical (unpaired) electrons. The van der Waals surface area contributed by atoms with Crippen molar-refractivity contribution in [1.82, 2.24) is 4.98 Å². The summed E-state index contributed by atoms with van der Waals surface area (Å²) < 4.78 is 38.0. The van der Waals surface area contributed by atoms with Gasteiger partial charge in [-0.3, -0.25) is 4.98 Å². The van der Waals surface area contributed by atoms with E-state index in [1.165, 1.54) is 0 Å². The zero-order chi connectivity index (χ0) is 11.1. The van der Waals surface area contributed by atoms with Crippen LogP contribution in [0.15, 0.2) is 34.9 Å². The first-order chi connectivity index (χ1) is 6.97. The summed E-state index contributed by atoms with van der Waals surface area (Å²) in [4.78, 5) is 3.76. The van der Waals surface area contributed by atoms with E-state index in [0.29, 0.717) is 10.9 Å². The number of benzene rings is 1. The van der Waals surface area contributed by atoms with E-state index in [2.05, 4.69) is 20.9 Å². The normalized spacial score (nSPS) is 11.2. The van der Waals surface area contributed by atoms with E-state index >= 15 is 0 Å². The summed E-state index contributed by atoms with van der Waals surface area (Å²) in [5.41, 5.74) is -0.109. The van der Waals surface area contributed by atoms with E-state index in [9.17, 15) is 12.9 Å². The Bertz CT molecular complexity index is 518. The van der Waals surface area contributed by atoms with Crippen molar-refractivity contribution in [3.05, 3.63) is 34.9 Å². The van der Waals surface area contributed by atoms with Crippen LogP contribution in [0.4, 0.5) is 12.9 Å². The van der Waals surface area contributed by atoms with E-state index in [1.54, 1.807) is 18.2 Å². The van der Waals surface area contributed by atoms with E-state index in [0.717, 1.165) is 16.7 Å². The van der Waals surface area contributed by atoms with Gasteiger partial charge < -0.3 is 12.9 Å². The molecule has 1 aromatic heterocycles. The van der Waals surface area contributed by atoms with Crippen molar-refractivity contribution in [2.75, 3.05) is 0 Å². The molecule has 0 spiro atoms. The molecular formula is C9H5BBrF3KN. The van der Waals surface area contributed by atoms with E-state index in [4.69, 9.17) is 0 Å². The summed E-state index contributed by atoms with van der Waals surface area (Å²) in [6.07, 6.45) is 0.871. The molecule has 0 amide bonds. The fraction of sp³-hybridized carbons (Fsp3) is 0. The number of pyridine rings is 1. The number of rotatable bonds is 1. The Morgan fingerprint density at radius 3 is 2.44 bits per heavy atom. The van der Waals surface area contributed by atoms with Crippen LogP contribution in [0.1, 0.15) is 0 Å². The maximum Gasteiger partial charge on any atom is 1.00 e. The molecular weight excluding hydrogens is 309 g/mol. The number of fused-ring (bicyclic) bond motifs is 1. The number of halogens is 4. The minimum absolute atomic E-state index is 0. The molecule has 0 saturated heterocycles. The average Bonchev–Trinajstić information content (AvgIpc) is 2.15. The van der Waals surface area contributed by atoms with E-state index < -0.39 is 12.4 Å². The summed E-state index contributed by atoms with van der Waals surface area (Å²) in [5.74, 6) is 0. The van der Waals surface area contributed by atoms with E-state index in [1.807, 2.05) is 0 Å². The van der Waals surface area contributed by atoms with Crippen molar-refractivity contribution in [2.24, 2.45) is 0 Å². The summed E-state index contributed by atoms with van der Waals surface area (Å²) in [6.45, 7) is -4.97. The van der Waals surface area contributed by atoms with Gasteiger partial charge in [-0.15, -0.1) is 0 Å². The largest absolute Gasteiger partial charge is 1.00 e. The third-order valence-corrected chi connectivity index (χ3v) is 2.54. The summed E-state index contributed by atoms with van der Waals surface area (Å²) in [5, 5.41) is 0.487. The smallest absolute Gasteiger partial charge is 0.445 e. The monoisotopic (exact) mass is 313 g/mol. The van der Waals surface area contributed by atoms with Gasteiger partial charge in [0, 0.05) is 10.7 Å². The Kier molecular flexibility index (Phi) is 5.04. The van der Waals surface area contributed by atoms with Gasteiger partial charge in [0.1, 0.15) is 0 Å². The topological polar surface area (TPSA) is 12.9 Å². The first kappa shape index (κ1) is 14.7. The molecule has 1 heterocycles. The third-order valence-electron chi connectivity index (χ3n) is 2.04. The molecule has 0 unspecified atom stereocenters. The molecule has 78 valence electrons. The van der Waals surface area contributed by atoms with Gasteiger partial charge >= 0.3 is 58.4 Å². The number of nitrogens with zero attached hydrogens (tertiary/aromatic N) is 1. The van der Waals surface area contributed by atoms with Crippen LogP contribution in [-0.2, 0) is 0 Å². The van der Waals surface area contributed by atoms with Crippen LogP contribution in [0.2, 0.25) is 0 Å². The van der Waals surface area contributed by atoms with Crippen LogP contribution in [-0.4, -0.2) is 12.0 Å². The fourth-order valence-electron chi connectivity index (χ4n) is 1.30. The first-order valence-electron chi connectivity index (χ1n) is 4.22. The maximum atomic E-state index is 12.4. The van der Waals surface area contributed by atoms with Gasteiger partial charge in [-0.25, -0.2) is 0 Å². The molecule has 0 aliphatic heterocycles. The minimum Gasteiger partial charge on any atom is -0.445 e. The first-order valence-corrected chi connectivity index (χ1v) is 5.01. The second-order valence-electron chi connectivity index (χ2n) is 3.18. The molecule has 0 aliphatic rings. The van der Waals surface area contributed by atoms with E-state index in [-0.39, 0.29) is 51.4 Å². The molecule has 16 heavy (non-hydrogen) atoms. The molecule has 2 aromatic rings. The van der Waals surface area contributed by atoms with Crippen LogP contribution in [0.3, 0.4) is 0 Å². The predicted octanol–water partition coefficient (Wildman–Crippen LogP) is 0.0557. The molecule has 0 aliphatic carbocycles. The second-order valence-corrected chi connectivity index (χ2v) is 4.10. The molecule has 0 fully saturated rings. The zero-order valence-corrected chi connectivity index (χ0v) is 13.1. The Morgan fingerprint density at radius 1 is 1.12 bits per heavy atom. The van der Waals surface area contributed by atoms with Crippen LogP contribution in [0, 0.1) is 0 Å². The van der Waals surface area contributed by atoms with Crippen molar-refractivity contribution in [1.29, 1.82) is 0 Å². The zero-order valence-electron chi connectivity index (χ0n) is 8.42. The van der Waals surface area contributed by atoms with Gasteiger partial charge in [-0.2, -0.15) is 0 Å². The number of aromatic nitrogens is 1. The van der Waals surface area contributed by atoms with Crippen molar-refractivity contribution < 1.29 is 64.3 Å². The minimum atomic E-state index is -4.97. The van der Waals surface area contributed by atoms with Gasteiger partial charge in [0.05, 0.1) is 5.52 Å². The number of hydrogen-bond donors (Lipinski definition) is 0. The fourth-order valence-corrected chi connectivity index (χ4v) is 1.68. The predicted molar refractivity (Wildman–Crippen MR) is 58.2 cm³/mol. The molecule has 2 rings (SSSR count). The molecule has 0 saturated carbocycles. The Hall–Kier alpha value is 0.601. The van der Waals surface area contributed by atoms with Crippen LogP contribution >= 0.6 is 15.9 Å². The molecule has 0 bridgehead atoms. The summed E-state index contributed by atoms with van der Waals surface area (Å²) in [6, 6.07) is 6.15. The third kappa shape index (κ3) is 3.30. The maximum absolute atomic E-state index is 12.4. The van der Waals surface area contributed by atoms with Crippen molar-refractivity contribution in [2.45, 2.75) is 0 Å². The summed E-state index contributed by atoms with van der Waals surface area (Å²) in [7, 11) is 0. The van der Waals surface area contributed by atoms with Crippen LogP contribution in [0.25, 0.3) is 10.9 Å². The molecule has 0 atom stereocenters. The molecule has 7 heteroatoms. The Balaban J connectivity index is 0.00000128. The molecule has 1 aromatic carbocycles. The molecule has 1 nitrogen and oxygen atoms in total. The van der Waals surface area contributed by atoms with Crippen LogP contribution in [0.5, 0.6) is 0 Å². The Morgan fingerprint density at radius 2 is 1.81 bits per heavy atom. The van der Waals surface area contributed by atoms with Gasteiger partial charge in [-0.1, -0.05) is 27.5 Å². The van der Waals surface area contributed by atoms with Gasteiger partial charge in [0.25, 0.3) is 0 Å². The quantitative estimate of drug-likeness (QED) is 0.678. The van der Waals surface area contributed by atoms with Gasteiger partial charge in [0.2, 0.25) is 0 Å². The summed E-state index contributed by atoms with van der Waals surface area (Å²) >= 11 is 3.20. The van der Waals surface area contributed by atoms with Crippen molar-refractivity contribution >= 4 is 39.3 Å². The standard InChI is InChI=1S/C9H5BBrF3N.K/c11-8-1-2-9-6(4-8)3-7(5-15-9)10(12,13)14;/h1-5H;/q-1;+1. The van der Waals surface area contributed by atoms with Crippen molar-refractivity contribution in [3.8, 4) is 0 Å². The second kappa shape index (κ2) is 5.50. The average molecular weight is 314 g/mol. The van der Waals surface area contributed by atoms with Gasteiger partial charge in [0.15, 0.2) is 0 Å².